The summed E-state index contributed by atoms with van der Waals surface area (Å²) < 4.78 is 1.11. The Bertz CT molecular complexity index is 609. The summed E-state index contributed by atoms with van der Waals surface area (Å²) in [7, 11) is 0. The first-order chi connectivity index (χ1) is 12.0. The van der Waals surface area contributed by atoms with Crippen LogP contribution in [-0.2, 0) is 6.42 Å². The molecule has 0 radical (unpaired) electrons. The number of halogens is 1. The van der Waals surface area contributed by atoms with Crippen molar-refractivity contribution in [1.29, 1.82) is 0 Å². The van der Waals surface area contributed by atoms with Gasteiger partial charge in [0.25, 0.3) is 0 Å². The number of amides is 2. The van der Waals surface area contributed by atoms with Crippen molar-refractivity contribution >= 4 is 22.0 Å². The van der Waals surface area contributed by atoms with Gasteiger partial charge in [-0.05, 0) is 86.7 Å². The number of hydrogen-bond acceptors (Lipinski definition) is 1. The molecule has 0 aliphatic heterocycles. The third kappa shape index (κ3) is 3.60. The van der Waals surface area contributed by atoms with Crippen LogP contribution in [-0.4, -0.2) is 18.6 Å². The predicted molar refractivity (Wildman–Crippen MR) is 104 cm³/mol. The van der Waals surface area contributed by atoms with Gasteiger partial charge in [-0.3, -0.25) is 0 Å². The van der Waals surface area contributed by atoms with Crippen LogP contribution >= 0.6 is 15.9 Å². The van der Waals surface area contributed by atoms with Gasteiger partial charge in [0.05, 0.1) is 0 Å². The van der Waals surface area contributed by atoms with Crippen LogP contribution in [0.1, 0.15) is 51.0 Å². The maximum Gasteiger partial charge on any atom is 0.315 e. The molecular weight excluding hydrogens is 376 g/mol. The van der Waals surface area contributed by atoms with E-state index in [1.54, 1.807) is 0 Å². The average molecular weight is 405 g/mol. The molecule has 136 valence electrons. The lowest BCUT2D eigenvalue weighted by Crippen LogP contribution is -2.57. The zero-order valence-corrected chi connectivity index (χ0v) is 16.6. The fourth-order valence-electron chi connectivity index (χ4n) is 6.12. The Labute approximate surface area is 159 Å². The smallest absolute Gasteiger partial charge is 0.315 e. The third-order valence-corrected chi connectivity index (χ3v) is 7.76. The van der Waals surface area contributed by atoms with Gasteiger partial charge in [0.2, 0.25) is 0 Å². The highest BCUT2D eigenvalue weighted by atomic mass is 79.9. The van der Waals surface area contributed by atoms with Crippen molar-refractivity contribution in [2.75, 3.05) is 6.54 Å². The zero-order chi connectivity index (χ0) is 17.4. The molecule has 0 saturated heterocycles. The van der Waals surface area contributed by atoms with E-state index >= 15 is 0 Å². The molecule has 1 unspecified atom stereocenters. The van der Waals surface area contributed by atoms with E-state index in [4.69, 9.17) is 0 Å². The van der Waals surface area contributed by atoms with Crippen molar-refractivity contribution in [1.82, 2.24) is 10.6 Å². The minimum absolute atomic E-state index is 0.00435. The van der Waals surface area contributed by atoms with E-state index < -0.39 is 0 Å². The van der Waals surface area contributed by atoms with E-state index in [0.717, 1.165) is 28.6 Å². The maximum atomic E-state index is 12.4. The quantitative estimate of drug-likeness (QED) is 0.719. The lowest BCUT2D eigenvalue weighted by molar-refractivity contribution is -0.0682. The van der Waals surface area contributed by atoms with Gasteiger partial charge < -0.3 is 10.6 Å². The Morgan fingerprint density at radius 1 is 1.16 bits per heavy atom. The van der Waals surface area contributed by atoms with Crippen molar-refractivity contribution in [3.63, 3.8) is 0 Å². The zero-order valence-electron chi connectivity index (χ0n) is 15.1. The first-order valence-electron chi connectivity index (χ1n) is 9.82. The Balaban J connectivity index is 1.28. The molecule has 4 aliphatic carbocycles. The summed E-state index contributed by atoms with van der Waals surface area (Å²) in [5.74, 6) is 2.77. The van der Waals surface area contributed by atoms with Crippen LogP contribution in [0.3, 0.4) is 0 Å². The van der Waals surface area contributed by atoms with Gasteiger partial charge in [0.15, 0.2) is 0 Å². The number of benzene rings is 1. The molecule has 4 saturated carbocycles. The van der Waals surface area contributed by atoms with E-state index in [2.05, 4.69) is 39.6 Å². The SMILES string of the molecule is CC(NC(=O)NCCc1ccccc1Br)C12CC3CC(CC(C3)C1)C2. The number of nitrogens with one attached hydrogen (secondary N) is 2. The van der Waals surface area contributed by atoms with Gasteiger partial charge in [0.1, 0.15) is 0 Å². The summed E-state index contributed by atoms with van der Waals surface area (Å²) in [6.45, 7) is 2.91. The number of carbonyl (C=O) groups is 1. The van der Waals surface area contributed by atoms with E-state index in [9.17, 15) is 4.79 Å². The summed E-state index contributed by atoms with van der Waals surface area (Å²) in [6.07, 6.45) is 9.19. The lowest BCUT2D eigenvalue weighted by Gasteiger charge is -2.59. The molecule has 0 spiro atoms. The summed E-state index contributed by atoms with van der Waals surface area (Å²) in [6, 6.07) is 8.47. The molecule has 0 heterocycles. The monoisotopic (exact) mass is 404 g/mol. The molecular formula is C21H29BrN2O. The molecule has 4 heteroatoms. The van der Waals surface area contributed by atoms with Crippen molar-refractivity contribution < 1.29 is 4.79 Å². The van der Waals surface area contributed by atoms with Crippen molar-refractivity contribution in [2.45, 2.75) is 57.9 Å². The molecule has 2 N–H and O–H groups in total. The van der Waals surface area contributed by atoms with Crippen LogP contribution in [0.5, 0.6) is 0 Å². The average Bonchev–Trinajstić information content (AvgIpc) is 2.55. The summed E-state index contributed by atoms with van der Waals surface area (Å²) in [5.41, 5.74) is 1.60. The molecule has 4 bridgehead atoms. The molecule has 1 atom stereocenters. The third-order valence-electron chi connectivity index (χ3n) is 6.99. The molecule has 1 aromatic carbocycles. The predicted octanol–water partition coefficient (Wildman–Crippen LogP) is 4.90. The molecule has 3 nitrogen and oxygen atoms in total. The molecule has 4 aliphatic rings. The maximum absolute atomic E-state index is 12.4. The first kappa shape index (κ1) is 17.4. The number of rotatable bonds is 5. The number of hydrogen-bond donors (Lipinski definition) is 2. The Morgan fingerprint density at radius 2 is 1.76 bits per heavy atom. The molecule has 25 heavy (non-hydrogen) atoms. The van der Waals surface area contributed by atoms with E-state index in [0.29, 0.717) is 12.0 Å². The Hall–Kier alpha value is -1.03. The van der Waals surface area contributed by atoms with Crippen LogP contribution in [0.25, 0.3) is 0 Å². The second-order valence-electron chi connectivity index (χ2n) is 8.74. The molecule has 2 amide bonds. The minimum Gasteiger partial charge on any atom is -0.338 e. The molecule has 1 aromatic rings. The van der Waals surface area contributed by atoms with Gasteiger partial charge >= 0.3 is 6.03 Å². The molecule has 5 rings (SSSR count). The molecule has 4 fully saturated rings. The van der Waals surface area contributed by atoms with Crippen molar-refractivity contribution in [3.05, 3.63) is 34.3 Å². The second kappa shape index (κ2) is 6.94. The van der Waals surface area contributed by atoms with Gasteiger partial charge in [-0.25, -0.2) is 4.79 Å². The Kier molecular flexibility index (Phi) is 4.83. The van der Waals surface area contributed by atoms with Crippen LogP contribution in [0.2, 0.25) is 0 Å². The van der Waals surface area contributed by atoms with Gasteiger partial charge in [-0.2, -0.15) is 0 Å². The first-order valence-corrected chi connectivity index (χ1v) is 10.6. The van der Waals surface area contributed by atoms with Gasteiger partial charge in [0, 0.05) is 17.1 Å². The number of carbonyl (C=O) groups excluding carboxylic acids is 1. The lowest BCUT2D eigenvalue weighted by atomic mass is 9.48. The van der Waals surface area contributed by atoms with Crippen LogP contribution < -0.4 is 10.6 Å². The fraction of sp³-hybridized carbons (Fsp3) is 0.667. The van der Waals surface area contributed by atoms with Crippen LogP contribution in [0.15, 0.2) is 28.7 Å². The van der Waals surface area contributed by atoms with Crippen molar-refractivity contribution in [3.8, 4) is 0 Å². The topological polar surface area (TPSA) is 41.1 Å². The van der Waals surface area contributed by atoms with E-state index in [-0.39, 0.29) is 12.1 Å². The summed E-state index contributed by atoms with van der Waals surface area (Å²) in [5, 5.41) is 6.33. The largest absolute Gasteiger partial charge is 0.338 e. The standard InChI is InChI=1S/C21H29BrN2O/c1-14(21-11-15-8-16(12-21)10-17(9-15)13-21)24-20(25)23-7-6-18-4-2-3-5-19(18)22/h2-5,14-17H,6-13H2,1H3,(H2,23,24,25). The number of urea groups is 1. The summed E-state index contributed by atoms with van der Waals surface area (Å²) in [4.78, 5) is 12.4. The molecule has 0 aromatic heterocycles. The summed E-state index contributed by atoms with van der Waals surface area (Å²) >= 11 is 3.57. The normalized spacial score (nSPS) is 33.9. The van der Waals surface area contributed by atoms with Crippen LogP contribution in [0.4, 0.5) is 4.79 Å². The van der Waals surface area contributed by atoms with E-state index in [1.807, 2.05) is 18.2 Å². The van der Waals surface area contributed by atoms with Gasteiger partial charge in [-0.1, -0.05) is 34.1 Å². The van der Waals surface area contributed by atoms with Gasteiger partial charge in [-0.15, -0.1) is 0 Å². The van der Waals surface area contributed by atoms with Crippen LogP contribution in [0, 0.1) is 23.2 Å². The Morgan fingerprint density at radius 3 is 2.36 bits per heavy atom. The fourth-order valence-corrected chi connectivity index (χ4v) is 6.60. The highest BCUT2D eigenvalue weighted by Gasteiger charge is 2.53. The highest BCUT2D eigenvalue weighted by molar-refractivity contribution is 9.10. The van der Waals surface area contributed by atoms with Crippen molar-refractivity contribution in [2.24, 2.45) is 23.2 Å². The highest BCUT2D eigenvalue weighted by Crippen LogP contribution is 2.61. The minimum atomic E-state index is -0.00435. The van der Waals surface area contributed by atoms with E-state index in [1.165, 1.54) is 44.1 Å². The second-order valence-corrected chi connectivity index (χ2v) is 9.60.